The number of aromatic amines is 1. The van der Waals surface area contributed by atoms with Gasteiger partial charge >= 0.3 is 5.76 Å². The highest BCUT2D eigenvalue weighted by atomic mass is 16.4. The maximum atomic E-state index is 10.8. The van der Waals surface area contributed by atoms with Crippen LogP contribution in [0.2, 0.25) is 0 Å². The van der Waals surface area contributed by atoms with Crippen LogP contribution in [-0.4, -0.2) is 4.98 Å². The summed E-state index contributed by atoms with van der Waals surface area (Å²) in [5.74, 6) is -0.420. The molecule has 1 aliphatic rings. The van der Waals surface area contributed by atoms with Crippen LogP contribution >= 0.6 is 0 Å². The van der Waals surface area contributed by atoms with Crippen molar-refractivity contribution in [1.82, 2.24) is 4.98 Å². The van der Waals surface area contributed by atoms with Crippen LogP contribution in [0.1, 0.15) is 0 Å². The van der Waals surface area contributed by atoms with E-state index in [0.29, 0.717) is 10.8 Å². The van der Waals surface area contributed by atoms with E-state index < -0.39 is 5.76 Å². The van der Waals surface area contributed by atoms with E-state index in [9.17, 15) is 4.79 Å². The molecule has 0 saturated carbocycles. The standard InChI is InChI=1S/C9H7NO2/c11-9-10-7-5-3-1-2-4-6-8(7)12-9/h1-6H,(H,10,11)/b2-1?,3-1+,4-2-,5-3?,6-4?,7-5-,8-6+. The predicted octanol–water partition coefficient (Wildman–Crippen LogP) is -0.345. The fourth-order valence-electron chi connectivity index (χ4n) is 1.02. The van der Waals surface area contributed by atoms with Crippen LogP contribution < -0.4 is 16.5 Å². The van der Waals surface area contributed by atoms with Crippen LogP contribution in [0, 0.1) is 0 Å². The molecule has 0 fully saturated rings. The number of hydrogen-bond donors (Lipinski definition) is 1. The molecule has 0 amide bonds. The number of nitrogens with one attached hydrogen (secondary N) is 1. The van der Waals surface area contributed by atoms with Crippen molar-refractivity contribution in [3.63, 3.8) is 0 Å². The highest BCUT2D eigenvalue weighted by Gasteiger charge is 1.91. The molecular formula is C9H7NO2. The van der Waals surface area contributed by atoms with Crippen molar-refractivity contribution in [3.05, 3.63) is 45.6 Å². The Hall–Kier alpha value is -1.77. The molecule has 60 valence electrons. The Labute approximate surface area is 68.0 Å². The lowest BCUT2D eigenvalue weighted by molar-refractivity contribution is 0.486. The first-order valence-corrected chi connectivity index (χ1v) is 3.61. The normalized spacial score (nSPS) is 25.0. The Balaban J connectivity index is 2.88. The summed E-state index contributed by atoms with van der Waals surface area (Å²) in [7, 11) is 0. The van der Waals surface area contributed by atoms with Crippen molar-refractivity contribution in [2.75, 3.05) is 0 Å². The second-order valence-corrected chi connectivity index (χ2v) is 2.40. The van der Waals surface area contributed by atoms with Crippen LogP contribution in [-0.2, 0) is 0 Å². The number of aromatic nitrogens is 1. The van der Waals surface area contributed by atoms with Crippen LogP contribution in [0.5, 0.6) is 0 Å². The molecule has 12 heavy (non-hydrogen) atoms. The van der Waals surface area contributed by atoms with Crippen molar-refractivity contribution < 1.29 is 4.42 Å². The van der Waals surface area contributed by atoms with E-state index >= 15 is 0 Å². The minimum absolute atomic E-state index is 0.420. The lowest BCUT2D eigenvalue weighted by atomic mass is 10.3. The number of oxazole rings is 1. The third-order valence-corrected chi connectivity index (χ3v) is 1.55. The molecule has 0 aliphatic heterocycles. The number of rotatable bonds is 0. The van der Waals surface area contributed by atoms with Gasteiger partial charge in [-0.1, -0.05) is 24.3 Å². The maximum Gasteiger partial charge on any atom is 0.417 e. The Bertz CT molecular complexity index is 455. The van der Waals surface area contributed by atoms with Crippen molar-refractivity contribution in [1.29, 1.82) is 0 Å². The molecule has 1 aromatic heterocycles. The van der Waals surface area contributed by atoms with Gasteiger partial charge in [-0.25, -0.2) is 4.79 Å². The minimum Gasteiger partial charge on any atom is -0.408 e. The molecule has 1 aromatic rings. The monoisotopic (exact) mass is 161 g/mol. The van der Waals surface area contributed by atoms with Gasteiger partial charge in [-0.05, 0) is 12.2 Å². The van der Waals surface area contributed by atoms with Gasteiger partial charge in [-0.3, -0.25) is 4.98 Å². The average molecular weight is 161 g/mol. The molecule has 0 saturated heterocycles. The first-order valence-electron chi connectivity index (χ1n) is 3.61. The Morgan fingerprint density at radius 1 is 1.08 bits per heavy atom. The Morgan fingerprint density at radius 2 is 1.83 bits per heavy atom. The summed E-state index contributed by atoms with van der Waals surface area (Å²) in [6.45, 7) is 0. The molecule has 0 bridgehead atoms. The van der Waals surface area contributed by atoms with Gasteiger partial charge in [-0.2, -0.15) is 0 Å². The summed E-state index contributed by atoms with van der Waals surface area (Å²) in [4.78, 5) is 13.3. The highest BCUT2D eigenvalue weighted by molar-refractivity contribution is 5.44. The summed E-state index contributed by atoms with van der Waals surface area (Å²) >= 11 is 0. The predicted molar refractivity (Wildman–Crippen MR) is 45.8 cm³/mol. The smallest absolute Gasteiger partial charge is 0.408 e. The zero-order chi connectivity index (χ0) is 8.39. The van der Waals surface area contributed by atoms with Gasteiger partial charge in [0.05, 0.1) is 5.35 Å². The maximum absolute atomic E-state index is 10.8. The zero-order valence-corrected chi connectivity index (χ0v) is 6.28. The van der Waals surface area contributed by atoms with E-state index in [1.165, 1.54) is 0 Å². The van der Waals surface area contributed by atoms with Crippen LogP contribution in [0.25, 0.3) is 12.2 Å². The molecule has 3 nitrogen and oxygen atoms in total. The third-order valence-electron chi connectivity index (χ3n) is 1.55. The molecule has 1 heterocycles. The number of fused-ring (bicyclic) bond motifs is 1. The molecule has 2 rings (SSSR count). The first-order chi connectivity index (χ1) is 5.86. The van der Waals surface area contributed by atoms with E-state index in [0.717, 1.165) is 0 Å². The van der Waals surface area contributed by atoms with Crippen molar-refractivity contribution in [3.8, 4) is 0 Å². The van der Waals surface area contributed by atoms with Crippen molar-refractivity contribution in [2.45, 2.75) is 0 Å². The lowest BCUT2D eigenvalue weighted by Crippen LogP contribution is -2.21. The van der Waals surface area contributed by atoms with Crippen LogP contribution in [0.15, 0.2) is 33.5 Å². The van der Waals surface area contributed by atoms with Crippen LogP contribution in [0.3, 0.4) is 0 Å². The largest absolute Gasteiger partial charge is 0.417 e. The molecule has 0 spiro atoms. The third kappa shape index (κ3) is 1.16. The fraction of sp³-hybridized carbons (Fsp3) is 0. The first kappa shape index (κ1) is 6.91. The van der Waals surface area contributed by atoms with Gasteiger partial charge in [0.15, 0.2) is 5.42 Å². The van der Waals surface area contributed by atoms with E-state index in [4.69, 9.17) is 4.42 Å². The van der Waals surface area contributed by atoms with E-state index in [-0.39, 0.29) is 0 Å². The Morgan fingerprint density at radius 3 is 2.67 bits per heavy atom. The second-order valence-electron chi connectivity index (χ2n) is 2.40. The minimum atomic E-state index is -0.420. The SMILES string of the molecule is O=c1[nH]c2/c(o1)=C\C=C/C=C/C=2. The zero-order valence-electron chi connectivity index (χ0n) is 6.28. The van der Waals surface area contributed by atoms with Gasteiger partial charge in [0.1, 0.15) is 0 Å². The van der Waals surface area contributed by atoms with E-state index in [1.54, 1.807) is 12.2 Å². The average Bonchev–Trinajstić information content (AvgIpc) is 2.32. The second kappa shape index (κ2) is 2.70. The molecule has 0 aromatic carbocycles. The number of H-pyrrole nitrogens is 1. The topological polar surface area (TPSA) is 46.0 Å². The highest BCUT2D eigenvalue weighted by Crippen LogP contribution is 1.81. The molecule has 1 aliphatic carbocycles. The van der Waals surface area contributed by atoms with Gasteiger partial charge in [0.25, 0.3) is 0 Å². The van der Waals surface area contributed by atoms with Gasteiger partial charge in [-0.15, -0.1) is 0 Å². The summed E-state index contributed by atoms with van der Waals surface area (Å²) in [5.41, 5.74) is 0.570. The van der Waals surface area contributed by atoms with Gasteiger partial charge in [0, 0.05) is 0 Å². The lowest BCUT2D eigenvalue weighted by Gasteiger charge is -1.79. The van der Waals surface area contributed by atoms with Gasteiger partial charge < -0.3 is 4.42 Å². The molecule has 0 atom stereocenters. The molecule has 0 unspecified atom stereocenters. The van der Waals surface area contributed by atoms with Crippen molar-refractivity contribution >= 4 is 12.2 Å². The molecule has 0 radical (unpaired) electrons. The fourth-order valence-corrected chi connectivity index (χ4v) is 1.02. The number of hydrogen-bond acceptors (Lipinski definition) is 2. The van der Waals surface area contributed by atoms with Crippen LogP contribution in [0.4, 0.5) is 0 Å². The molecular weight excluding hydrogens is 154 g/mol. The summed E-state index contributed by atoms with van der Waals surface area (Å²) in [6, 6.07) is 0. The summed E-state index contributed by atoms with van der Waals surface area (Å²) < 4.78 is 4.86. The summed E-state index contributed by atoms with van der Waals surface area (Å²) in [6.07, 6.45) is 10.9. The summed E-state index contributed by atoms with van der Waals surface area (Å²) in [5, 5.41) is 0.709. The Kier molecular flexibility index (Phi) is 1.55. The van der Waals surface area contributed by atoms with E-state index in [1.807, 2.05) is 24.3 Å². The quantitative estimate of drug-likeness (QED) is 0.565. The molecule has 3 heteroatoms. The molecule has 1 N–H and O–H groups in total. The number of allylic oxidation sites excluding steroid dienone is 4. The van der Waals surface area contributed by atoms with Gasteiger partial charge in [0.2, 0.25) is 0 Å². The van der Waals surface area contributed by atoms with Crippen molar-refractivity contribution in [2.24, 2.45) is 0 Å². The van der Waals surface area contributed by atoms with E-state index in [2.05, 4.69) is 4.98 Å².